The molecule has 1 atom stereocenters. The molecule has 25 heavy (non-hydrogen) atoms. The Hall–Kier alpha value is -1.83. The Labute approximate surface area is 158 Å². The van der Waals surface area contributed by atoms with Crippen molar-refractivity contribution in [3.63, 3.8) is 0 Å². The second-order valence-electron chi connectivity index (χ2n) is 5.16. The average molecular weight is 397 g/mol. The first-order valence-electron chi connectivity index (χ1n) is 7.30. The third-order valence-electron chi connectivity index (χ3n) is 3.06. The fourth-order valence-corrected chi connectivity index (χ4v) is 3.42. The predicted molar refractivity (Wildman–Crippen MR) is 102 cm³/mol. The molecule has 1 unspecified atom stereocenters. The number of amides is 2. The van der Waals surface area contributed by atoms with Crippen molar-refractivity contribution in [2.45, 2.75) is 10.6 Å². The zero-order chi connectivity index (χ0) is 18.2. The lowest BCUT2D eigenvalue weighted by Crippen LogP contribution is -2.42. The van der Waals surface area contributed by atoms with Crippen LogP contribution in [-0.2, 0) is 21.3 Å². The summed E-state index contributed by atoms with van der Waals surface area (Å²) in [4.78, 5) is 24.8. The standard InChI is InChI=1S/C17H17ClN2O3S2/c1-25(23)11-12-3-2-4-13(9-12)17(22)20-19-16(21)10-24-15-7-5-14(18)6-8-15/h2-9H,10-11H2,1H3,(H,19,21)(H,20,22). The molecule has 0 spiro atoms. The van der Waals surface area contributed by atoms with E-state index in [1.807, 2.05) is 12.1 Å². The van der Waals surface area contributed by atoms with Gasteiger partial charge in [-0.25, -0.2) is 0 Å². The fraction of sp³-hybridized carbons (Fsp3) is 0.176. The Kier molecular flexibility index (Phi) is 7.49. The zero-order valence-corrected chi connectivity index (χ0v) is 15.8. The molecule has 2 amide bonds. The summed E-state index contributed by atoms with van der Waals surface area (Å²) in [6.45, 7) is 0. The molecule has 0 aliphatic carbocycles. The molecule has 2 rings (SSSR count). The molecule has 2 aromatic rings. The molecule has 0 bridgehead atoms. The van der Waals surface area contributed by atoms with Crippen LogP contribution in [0.15, 0.2) is 53.4 Å². The molecule has 0 heterocycles. The lowest BCUT2D eigenvalue weighted by molar-refractivity contribution is -0.119. The number of carbonyl (C=O) groups is 2. The smallest absolute Gasteiger partial charge is 0.269 e. The molecule has 2 aromatic carbocycles. The summed E-state index contributed by atoms with van der Waals surface area (Å²) >= 11 is 7.14. The SMILES string of the molecule is CS(=O)Cc1cccc(C(=O)NNC(=O)CSc2ccc(Cl)cc2)c1. The fourth-order valence-electron chi connectivity index (χ4n) is 1.95. The van der Waals surface area contributed by atoms with Crippen LogP contribution in [-0.4, -0.2) is 28.0 Å². The maximum absolute atomic E-state index is 12.1. The van der Waals surface area contributed by atoms with Crippen LogP contribution in [0, 0.1) is 0 Å². The summed E-state index contributed by atoms with van der Waals surface area (Å²) in [5.41, 5.74) is 5.95. The molecule has 0 aliphatic heterocycles. The van der Waals surface area contributed by atoms with Gasteiger partial charge in [-0.3, -0.25) is 24.6 Å². The monoisotopic (exact) mass is 396 g/mol. The van der Waals surface area contributed by atoms with E-state index in [9.17, 15) is 13.8 Å². The van der Waals surface area contributed by atoms with Crippen LogP contribution in [0.5, 0.6) is 0 Å². The predicted octanol–water partition coefficient (Wildman–Crippen LogP) is 2.77. The van der Waals surface area contributed by atoms with Crippen molar-refractivity contribution in [2.75, 3.05) is 12.0 Å². The normalized spacial score (nSPS) is 11.6. The summed E-state index contributed by atoms with van der Waals surface area (Å²) in [6.07, 6.45) is 1.60. The highest BCUT2D eigenvalue weighted by Gasteiger charge is 2.09. The van der Waals surface area contributed by atoms with Gasteiger partial charge in [0.25, 0.3) is 5.91 Å². The van der Waals surface area contributed by atoms with Crippen molar-refractivity contribution in [2.24, 2.45) is 0 Å². The Balaban J connectivity index is 1.81. The molecule has 0 radical (unpaired) electrons. The summed E-state index contributed by atoms with van der Waals surface area (Å²) in [7, 11) is -0.984. The van der Waals surface area contributed by atoms with Crippen molar-refractivity contribution in [1.82, 2.24) is 10.9 Å². The van der Waals surface area contributed by atoms with E-state index in [0.717, 1.165) is 10.5 Å². The second kappa shape index (κ2) is 9.60. The van der Waals surface area contributed by atoms with Crippen LogP contribution in [0.2, 0.25) is 5.02 Å². The van der Waals surface area contributed by atoms with E-state index >= 15 is 0 Å². The van der Waals surface area contributed by atoms with Gasteiger partial charge in [0.05, 0.1) is 5.75 Å². The first kappa shape index (κ1) is 19.5. The average Bonchev–Trinajstić information content (AvgIpc) is 2.59. The summed E-state index contributed by atoms with van der Waals surface area (Å²) in [6, 6.07) is 14.0. The lowest BCUT2D eigenvalue weighted by atomic mass is 10.1. The van der Waals surface area contributed by atoms with Crippen molar-refractivity contribution in [1.29, 1.82) is 0 Å². The minimum atomic E-state index is -0.984. The number of hydrogen-bond donors (Lipinski definition) is 2. The van der Waals surface area contributed by atoms with Crippen LogP contribution in [0.25, 0.3) is 0 Å². The highest BCUT2D eigenvalue weighted by atomic mass is 35.5. The topological polar surface area (TPSA) is 75.3 Å². The minimum absolute atomic E-state index is 0.163. The number of hydrogen-bond acceptors (Lipinski definition) is 4. The Morgan fingerprint density at radius 1 is 1.12 bits per heavy atom. The minimum Gasteiger partial charge on any atom is -0.272 e. The number of carbonyl (C=O) groups excluding carboxylic acids is 2. The van der Waals surface area contributed by atoms with Gasteiger partial charge in [-0.1, -0.05) is 23.7 Å². The number of halogens is 1. The second-order valence-corrected chi connectivity index (χ2v) is 8.08. The third-order valence-corrected chi connectivity index (χ3v) is 5.06. The molecule has 5 nitrogen and oxygen atoms in total. The molecular formula is C17H17ClN2O3S2. The van der Waals surface area contributed by atoms with Gasteiger partial charge in [-0.15, -0.1) is 11.8 Å². The molecule has 0 aliphatic rings. The summed E-state index contributed by atoms with van der Waals surface area (Å²) < 4.78 is 11.3. The van der Waals surface area contributed by atoms with E-state index in [0.29, 0.717) is 16.3 Å². The van der Waals surface area contributed by atoms with Crippen molar-refractivity contribution >= 4 is 46.0 Å². The van der Waals surface area contributed by atoms with Crippen LogP contribution >= 0.6 is 23.4 Å². The molecule has 0 aromatic heterocycles. The van der Waals surface area contributed by atoms with E-state index in [1.54, 1.807) is 42.7 Å². The number of rotatable bonds is 6. The van der Waals surface area contributed by atoms with E-state index in [2.05, 4.69) is 10.9 Å². The number of hydrazine groups is 1. The van der Waals surface area contributed by atoms with Gasteiger partial charge in [0.2, 0.25) is 5.91 Å². The largest absolute Gasteiger partial charge is 0.272 e. The van der Waals surface area contributed by atoms with Crippen LogP contribution in [0.4, 0.5) is 0 Å². The first-order chi connectivity index (χ1) is 11.9. The zero-order valence-electron chi connectivity index (χ0n) is 13.5. The van der Waals surface area contributed by atoms with Gasteiger partial charge < -0.3 is 0 Å². The Bertz CT molecular complexity index is 782. The van der Waals surface area contributed by atoms with Gasteiger partial charge in [0.15, 0.2) is 0 Å². The highest BCUT2D eigenvalue weighted by Crippen LogP contribution is 2.19. The molecule has 0 fully saturated rings. The van der Waals surface area contributed by atoms with Crippen LogP contribution in [0.1, 0.15) is 15.9 Å². The Morgan fingerprint density at radius 2 is 1.84 bits per heavy atom. The van der Waals surface area contributed by atoms with Crippen molar-refractivity contribution in [3.05, 3.63) is 64.7 Å². The summed E-state index contributed by atoms with van der Waals surface area (Å²) in [5.74, 6) is -0.199. The summed E-state index contributed by atoms with van der Waals surface area (Å²) in [5, 5.41) is 0.634. The third kappa shape index (κ3) is 6.89. The van der Waals surface area contributed by atoms with Gasteiger partial charge in [0, 0.05) is 38.3 Å². The maximum atomic E-state index is 12.1. The van der Waals surface area contributed by atoms with E-state index in [4.69, 9.17) is 11.6 Å². The molecule has 132 valence electrons. The van der Waals surface area contributed by atoms with Gasteiger partial charge >= 0.3 is 0 Å². The molecule has 0 saturated heterocycles. The number of benzene rings is 2. The van der Waals surface area contributed by atoms with Crippen molar-refractivity contribution in [3.8, 4) is 0 Å². The van der Waals surface area contributed by atoms with Gasteiger partial charge in [-0.05, 0) is 42.0 Å². The van der Waals surface area contributed by atoms with Crippen molar-refractivity contribution < 1.29 is 13.8 Å². The molecule has 2 N–H and O–H groups in total. The maximum Gasteiger partial charge on any atom is 0.269 e. The van der Waals surface area contributed by atoms with Crippen LogP contribution < -0.4 is 10.9 Å². The van der Waals surface area contributed by atoms with E-state index in [1.165, 1.54) is 11.8 Å². The van der Waals surface area contributed by atoms with Gasteiger partial charge in [-0.2, -0.15) is 0 Å². The van der Waals surface area contributed by atoms with E-state index in [-0.39, 0.29) is 11.7 Å². The molecule has 8 heteroatoms. The Morgan fingerprint density at radius 3 is 2.52 bits per heavy atom. The molecule has 0 saturated carbocycles. The first-order valence-corrected chi connectivity index (χ1v) is 10.4. The van der Waals surface area contributed by atoms with Crippen LogP contribution in [0.3, 0.4) is 0 Å². The molecular weight excluding hydrogens is 380 g/mol. The highest BCUT2D eigenvalue weighted by molar-refractivity contribution is 8.00. The number of thioether (sulfide) groups is 1. The van der Waals surface area contributed by atoms with E-state index < -0.39 is 16.7 Å². The van der Waals surface area contributed by atoms with Gasteiger partial charge in [0.1, 0.15) is 0 Å². The quantitative estimate of drug-likeness (QED) is 0.581. The number of nitrogens with one attached hydrogen (secondary N) is 2. The lowest BCUT2D eigenvalue weighted by Gasteiger charge is -2.08.